The maximum Gasteiger partial charge on any atom is 0.239 e. The van der Waals surface area contributed by atoms with Crippen LogP contribution in [0.4, 0.5) is 5.13 Å². The van der Waals surface area contributed by atoms with Crippen LogP contribution in [0, 0.1) is 6.92 Å². The quantitative estimate of drug-likeness (QED) is 0.610. The van der Waals surface area contributed by atoms with E-state index in [0.29, 0.717) is 16.7 Å². The molecule has 0 saturated heterocycles. The van der Waals surface area contributed by atoms with Gasteiger partial charge in [-0.05, 0) is 31.5 Å². The van der Waals surface area contributed by atoms with Crippen molar-refractivity contribution in [3.63, 3.8) is 0 Å². The molecule has 3 rings (SSSR count). The Morgan fingerprint density at radius 3 is 2.70 bits per heavy atom. The summed E-state index contributed by atoms with van der Waals surface area (Å²) in [6, 6.07) is 7.86. The van der Waals surface area contributed by atoms with Crippen molar-refractivity contribution in [2.45, 2.75) is 30.7 Å². The lowest BCUT2D eigenvalue weighted by Crippen LogP contribution is -2.22. The highest BCUT2D eigenvalue weighted by atomic mass is 32.2. The molecule has 2 heterocycles. The van der Waals surface area contributed by atoms with E-state index in [9.17, 15) is 4.79 Å². The van der Waals surface area contributed by atoms with E-state index in [4.69, 9.17) is 4.74 Å². The molecule has 1 aromatic carbocycles. The molecule has 0 radical (unpaired) electrons. The number of ether oxygens (including phenoxy) is 1. The van der Waals surface area contributed by atoms with Crippen molar-refractivity contribution < 1.29 is 9.53 Å². The van der Waals surface area contributed by atoms with Crippen LogP contribution in [0.2, 0.25) is 0 Å². The molecule has 0 aliphatic rings. The van der Waals surface area contributed by atoms with Crippen molar-refractivity contribution in [1.82, 2.24) is 19.7 Å². The van der Waals surface area contributed by atoms with Crippen LogP contribution in [-0.2, 0) is 18.3 Å². The number of hydrogen-bond acceptors (Lipinski definition) is 7. The number of carbonyl (C=O) groups is 1. The summed E-state index contributed by atoms with van der Waals surface area (Å²) in [5, 5.41) is 14.3. The number of methoxy groups -OCH3 is 1. The summed E-state index contributed by atoms with van der Waals surface area (Å²) in [4.78, 5) is 16.6. The highest BCUT2D eigenvalue weighted by molar-refractivity contribution is 8.00. The van der Waals surface area contributed by atoms with E-state index in [1.807, 2.05) is 55.1 Å². The van der Waals surface area contributed by atoms with Gasteiger partial charge in [-0.15, -0.1) is 21.5 Å². The van der Waals surface area contributed by atoms with Gasteiger partial charge in [-0.3, -0.25) is 4.79 Å². The number of thioether (sulfide) groups is 1. The van der Waals surface area contributed by atoms with Crippen molar-refractivity contribution in [2.75, 3.05) is 12.4 Å². The Morgan fingerprint density at radius 1 is 1.33 bits per heavy atom. The van der Waals surface area contributed by atoms with Gasteiger partial charge in [0.1, 0.15) is 11.6 Å². The van der Waals surface area contributed by atoms with E-state index in [2.05, 4.69) is 20.5 Å². The number of carbonyl (C=O) groups excluding carboxylic acids is 1. The Bertz CT molecular complexity index is 920. The highest BCUT2D eigenvalue weighted by Gasteiger charge is 2.20. The fraction of sp³-hybridized carbons (Fsp3) is 0.333. The Morgan fingerprint density at radius 2 is 2.07 bits per heavy atom. The molecule has 27 heavy (non-hydrogen) atoms. The predicted octanol–water partition coefficient (Wildman–Crippen LogP) is 3.30. The van der Waals surface area contributed by atoms with Gasteiger partial charge in [0.25, 0.3) is 0 Å². The SMILES string of the molecule is COc1ccc(Cc2nnc(S[C@@H](C)C(=O)Nc3nc(C)cs3)n2C)cc1. The molecule has 1 N–H and O–H groups in total. The Balaban J connectivity index is 1.62. The number of nitrogens with one attached hydrogen (secondary N) is 1. The van der Waals surface area contributed by atoms with E-state index in [0.717, 1.165) is 22.8 Å². The molecule has 0 saturated carbocycles. The van der Waals surface area contributed by atoms with Crippen LogP contribution in [0.1, 0.15) is 24.0 Å². The van der Waals surface area contributed by atoms with Gasteiger partial charge in [0.05, 0.1) is 18.1 Å². The molecule has 2 aromatic heterocycles. The van der Waals surface area contributed by atoms with Gasteiger partial charge in [0.2, 0.25) is 5.91 Å². The van der Waals surface area contributed by atoms with Gasteiger partial charge in [0, 0.05) is 18.8 Å². The summed E-state index contributed by atoms with van der Waals surface area (Å²) < 4.78 is 7.10. The summed E-state index contributed by atoms with van der Waals surface area (Å²) in [5.74, 6) is 1.56. The van der Waals surface area contributed by atoms with E-state index < -0.39 is 0 Å². The number of aryl methyl sites for hydroxylation is 1. The number of hydrogen-bond donors (Lipinski definition) is 1. The molecular formula is C18H21N5O2S2. The first kappa shape index (κ1) is 19.4. The lowest BCUT2D eigenvalue weighted by Gasteiger charge is -2.10. The van der Waals surface area contributed by atoms with Gasteiger partial charge < -0.3 is 14.6 Å². The third kappa shape index (κ3) is 4.86. The average molecular weight is 404 g/mol. The van der Waals surface area contributed by atoms with E-state index in [-0.39, 0.29) is 11.2 Å². The second-order valence-corrected chi connectivity index (χ2v) is 8.19. The topological polar surface area (TPSA) is 81.9 Å². The average Bonchev–Trinajstić information content (AvgIpc) is 3.22. The molecule has 1 atom stereocenters. The first-order valence-corrected chi connectivity index (χ1v) is 10.1. The van der Waals surface area contributed by atoms with Gasteiger partial charge >= 0.3 is 0 Å². The normalized spacial score (nSPS) is 12.0. The first-order chi connectivity index (χ1) is 13.0. The number of rotatable bonds is 7. The molecular weight excluding hydrogens is 382 g/mol. The number of amides is 1. The monoisotopic (exact) mass is 403 g/mol. The number of nitrogens with zero attached hydrogens (tertiary/aromatic N) is 4. The minimum absolute atomic E-state index is 0.103. The molecule has 0 unspecified atom stereocenters. The zero-order chi connectivity index (χ0) is 19.4. The third-order valence-electron chi connectivity index (χ3n) is 3.95. The zero-order valence-electron chi connectivity index (χ0n) is 15.6. The Labute approximate surface area is 166 Å². The maximum atomic E-state index is 12.4. The molecule has 1 amide bonds. The Hall–Kier alpha value is -2.39. The Kier molecular flexibility index (Phi) is 6.12. The van der Waals surface area contributed by atoms with E-state index in [1.54, 1.807) is 7.11 Å². The lowest BCUT2D eigenvalue weighted by molar-refractivity contribution is -0.115. The number of thiazole rings is 1. The minimum Gasteiger partial charge on any atom is -0.497 e. The molecule has 0 aliphatic heterocycles. The molecule has 0 bridgehead atoms. The summed E-state index contributed by atoms with van der Waals surface area (Å²) in [6.07, 6.45) is 0.660. The van der Waals surface area contributed by atoms with E-state index >= 15 is 0 Å². The van der Waals surface area contributed by atoms with Crippen molar-refractivity contribution in [1.29, 1.82) is 0 Å². The van der Waals surface area contributed by atoms with Crippen LogP contribution in [0.15, 0.2) is 34.8 Å². The van der Waals surface area contributed by atoms with Crippen LogP contribution in [0.3, 0.4) is 0 Å². The third-order valence-corrected chi connectivity index (χ3v) is 5.96. The summed E-state index contributed by atoms with van der Waals surface area (Å²) >= 11 is 2.79. The second-order valence-electron chi connectivity index (χ2n) is 6.03. The van der Waals surface area contributed by atoms with Crippen LogP contribution >= 0.6 is 23.1 Å². The first-order valence-electron chi connectivity index (χ1n) is 8.37. The molecule has 9 heteroatoms. The molecule has 3 aromatic rings. The van der Waals surface area contributed by atoms with Gasteiger partial charge in [-0.1, -0.05) is 23.9 Å². The lowest BCUT2D eigenvalue weighted by atomic mass is 10.1. The smallest absolute Gasteiger partial charge is 0.239 e. The minimum atomic E-state index is -0.314. The zero-order valence-corrected chi connectivity index (χ0v) is 17.2. The number of benzene rings is 1. The largest absolute Gasteiger partial charge is 0.497 e. The van der Waals surface area contributed by atoms with Crippen LogP contribution in [0.5, 0.6) is 5.75 Å². The second kappa shape index (κ2) is 8.53. The predicted molar refractivity (Wildman–Crippen MR) is 108 cm³/mol. The molecule has 0 aliphatic carbocycles. The van der Waals surface area contributed by atoms with Crippen LogP contribution in [0.25, 0.3) is 0 Å². The maximum absolute atomic E-state index is 12.4. The van der Waals surface area contributed by atoms with Crippen molar-refractivity contribution in [3.8, 4) is 5.75 Å². The fourth-order valence-corrected chi connectivity index (χ4v) is 3.88. The summed E-state index contributed by atoms with van der Waals surface area (Å²) in [5.41, 5.74) is 2.01. The highest BCUT2D eigenvalue weighted by Crippen LogP contribution is 2.24. The van der Waals surface area contributed by atoms with E-state index in [1.165, 1.54) is 23.1 Å². The molecule has 142 valence electrons. The summed E-state index contributed by atoms with van der Waals surface area (Å²) in [6.45, 7) is 3.74. The fourth-order valence-electron chi connectivity index (χ4n) is 2.36. The standard InChI is InChI=1S/C18H21N5O2S2/c1-11-10-26-17(19-11)20-16(24)12(2)27-18-22-21-15(23(18)3)9-13-5-7-14(25-4)8-6-13/h5-8,10,12H,9H2,1-4H3,(H,19,20,24)/t12-/m0/s1. The van der Waals surface area contributed by atoms with Gasteiger partial charge in [-0.25, -0.2) is 4.98 Å². The molecule has 0 spiro atoms. The molecule has 0 fully saturated rings. The van der Waals surface area contributed by atoms with Crippen molar-refractivity contribution >= 4 is 34.1 Å². The van der Waals surface area contributed by atoms with Crippen LogP contribution in [-0.4, -0.2) is 38.0 Å². The van der Waals surface area contributed by atoms with Crippen molar-refractivity contribution in [2.24, 2.45) is 7.05 Å². The molecule has 7 nitrogen and oxygen atoms in total. The van der Waals surface area contributed by atoms with Gasteiger partial charge in [0.15, 0.2) is 10.3 Å². The van der Waals surface area contributed by atoms with Gasteiger partial charge in [-0.2, -0.15) is 0 Å². The number of anilines is 1. The van der Waals surface area contributed by atoms with Crippen LogP contribution < -0.4 is 10.1 Å². The number of aromatic nitrogens is 4. The summed E-state index contributed by atoms with van der Waals surface area (Å²) in [7, 11) is 3.56. The van der Waals surface area contributed by atoms with Crippen molar-refractivity contribution in [3.05, 3.63) is 46.7 Å².